The van der Waals surface area contributed by atoms with Gasteiger partial charge in [0.25, 0.3) is 5.91 Å². The maximum absolute atomic E-state index is 12.0. The minimum atomic E-state index is -0.169. The molecule has 4 nitrogen and oxygen atoms in total. The minimum Gasteiger partial charge on any atom is -0.322 e. The normalized spacial score (nSPS) is 14.5. The first-order valence-corrected chi connectivity index (χ1v) is 7.91. The van der Waals surface area contributed by atoms with E-state index in [0.717, 1.165) is 6.42 Å². The van der Waals surface area contributed by atoms with Crippen LogP contribution in [0.1, 0.15) is 23.2 Å². The molecule has 0 unspecified atom stereocenters. The highest BCUT2D eigenvalue weighted by Gasteiger charge is 2.23. The van der Waals surface area contributed by atoms with Crippen molar-refractivity contribution < 1.29 is 9.59 Å². The average Bonchev–Trinajstić information content (AvgIpc) is 3.10. The Morgan fingerprint density at radius 1 is 1.33 bits per heavy atom. The molecule has 1 saturated heterocycles. The molecule has 1 aliphatic rings. The molecule has 2 aromatic rings. The van der Waals surface area contributed by atoms with Gasteiger partial charge in [-0.3, -0.25) is 9.59 Å². The van der Waals surface area contributed by atoms with Crippen molar-refractivity contribution in [3.05, 3.63) is 45.6 Å². The smallest absolute Gasteiger partial charge is 0.256 e. The first kappa shape index (κ1) is 14.1. The third kappa shape index (κ3) is 2.94. The quantitative estimate of drug-likeness (QED) is 0.935. The van der Waals surface area contributed by atoms with Gasteiger partial charge in [0.1, 0.15) is 0 Å². The molecule has 0 aliphatic carbocycles. The van der Waals surface area contributed by atoms with E-state index in [4.69, 9.17) is 11.6 Å². The van der Waals surface area contributed by atoms with Crippen LogP contribution in [0.2, 0.25) is 5.02 Å². The molecular formula is C15H13ClN2O2S. The van der Waals surface area contributed by atoms with E-state index in [0.29, 0.717) is 34.9 Å². The lowest BCUT2D eigenvalue weighted by molar-refractivity contribution is -0.117. The number of hydrogen-bond donors (Lipinski definition) is 1. The van der Waals surface area contributed by atoms with Gasteiger partial charge in [0.05, 0.1) is 16.3 Å². The van der Waals surface area contributed by atoms with E-state index in [1.807, 2.05) is 5.38 Å². The first-order chi connectivity index (χ1) is 10.1. The number of thiophene rings is 1. The Morgan fingerprint density at radius 3 is 2.81 bits per heavy atom. The number of carbonyl (C=O) groups is 2. The molecular weight excluding hydrogens is 308 g/mol. The van der Waals surface area contributed by atoms with E-state index in [1.165, 1.54) is 11.3 Å². The van der Waals surface area contributed by atoms with E-state index in [-0.39, 0.29) is 11.8 Å². The molecule has 1 aromatic carbocycles. The molecule has 0 saturated carbocycles. The van der Waals surface area contributed by atoms with Crippen molar-refractivity contribution in [3.8, 4) is 0 Å². The van der Waals surface area contributed by atoms with Crippen LogP contribution in [0.3, 0.4) is 0 Å². The zero-order valence-corrected chi connectivity index (χ0v) is 12.7. The number of rotatable bonds is 3. The van der Waals surface area contributed by atoms with Crippen LogP contribution in [0.5, 0.6) is 0 Å². The summed E-state index contributed by atoms with van der Waals surface area (Å²) in [5.74, 6) is -0.0794. The molecule has 21 heavy (non-hydrogen) atoms. The zero-order valence-electron chi connectivity index (χ0n) is 11.1. The molecule has 2 heterocycles. The van der Waals surface area contributed by atoms with Crippen LogP contribution in [0.25, 0.3) is 0 Å². The lowest BCUT2D eigenvalue weighted by Crippen LogP contribution is -2.24. The standard InChI is InChI=1S/C15H13ClN2O2S/c16-12-8-11(17-15(20)10-5-7-21-9-10)3-4-13(12)18-6-1-2-14(18)19/h3-5,7-9H,1-2,6H2,(H,17,20). The van der Waals surface area contributed by atoms with Crippen molar-refractivity contribution in [2.45, 2.75) is 12.8 Å². The van der Waals surface area contributed by atoms with E-state index >= 15 is 0 Å². The number of benzene rings is 1. The van der Waals surface area contributed by atoms with E-state index < -0.39 is 0 Å². The molecule has 6 heteroatoms. The fraction of sp³-hybridized carbons (Fsp3) is 0.200. The Morgan fingerprint density at radius 2 is 2.19 bits per heavy atom. The van der Waals surface area contributed by atoms with Crippen molar-refractivity contribution in [1.82, 2.24) is 0 Å². The maximum atomic E-state index is 12.0. The van der Waals surface area contributed by atoms with Gasteiger partial charge in [0.15, 0.2) is 0 Å². The fourth-order valence-electron chi connectivity index (χ4n) is 2.30. The van der Waals surface area contributed by atoms with E-state index in [9.17, 15) is 9.59 Å². The SMILES string of the molecule is O=C(Nc1ccc(N2CCCC2=O)c(Cl)c1)c1ccsc1. The molecule has 1 aliphatic heterocycles. The van der Waals surface area contributed by atoms with Gasteiger partial charge in [0, 0.05) is 24.0 Å². The molecule has 0 radical (unpaired) electrons. The molecule has 2 amide bonds. The third-order valence-corrected chi connectivity index (χ3v) is 4.34. The molecule has 0 atom stereocenters. The van der Waals surface area contributed by atoms with Crippen LogP contribution in [0.4, 0.5) is 11.4 Å². The summed E-state index contributed by atoms with van der Waals surface area (Å²) >= 11 is 7.71. The number of carbonyl (C=O) groups excluding carboxylic acids is 2. The first-order valence-electron chi connectivity index (χ1n) is 6.58. The summed E-state index contributed by atoms with van der Waals surface area (Å²) in [5.41, 5.74) is 1.94. The van der Waals surface area contributed by atoms with Gasteiger partial charge in [0.2, 0.25) is 5.91 Å². The van der Waals surface area contributed by atoms with Crippen molar-refractivity contribution >= 4 is 46.1 Å². The molecule has 0 spiro atoms. The van der Waals surface area contributed by atoms with Gasteiger partial charge in [-0.1, -0.05) is 11.6 Å². The summed E-state index contributed by atoms with van der Waals surface area (Å²) in [7, 11) is 0. The highest BCUT2D eigenvalue weighted by Crippen LogP contribution is 2.31. The van der Waals surface area contributed by atoms with Crippen LogP contribution < -0.4 is 10.2 Å². The van der Waals surface area contributed by atoms with Crippen LogP contribution in [-0.2, 0) is 4.79 Å². The van der Waals surface area contributed by atoms with Crippen LogP contribution in [0.15, 0.2) is 35.0 Å². The minimum absolute atomic E-state index is 0.0898. The molecule has 1 fully saturated rings. The number of amides is 2. The summed E-state index contributed by atoms with van der Waals surface area (Å²) in [5, 5.41) is 6.90. The second kappa shape index (κ2) is 5.87. The van der Waals surface area contributed by atoms with Crippen molar-refractivity contribution in [1.29, 1.82) is 0 Å². The number of halogens is 1. The predicted octanol–water partition coefficient (Wildman–Crippen LogP) is 3.78. The van der Waals surface area contributed by atoms with Gasteiger partial charge in [-0.2, -0.15) is 11.3 Å². The zero-order chi connectivity index (χ0) is 14.8. The highest BCUT2D eigenvalue weighted by atomic mass is 35.5. The predicted molar refractivity (Wildman–Crippen MR) is 85.3 cm³/mol. The van der Waals surface area contributed by atoms with Gasteiger partial charge in [-0.15, -0.1) is 0 Å². The number of nitrogens with zero attached hydrogens (tertiary/aromatic N) is 1. The van der Waals surface area contributed by atoms with Gasteiger partial charge < -0.3 is 10.2 Å². The molecule has 108 valence electrons. The lowest BCUT2D eigenvalue weighted by Gasteiger charge is -2.18. The van der Waals surface area contributed by atoms with Crippen LogP contribution in [-0.4, -0.2) is 18.4 Å². The Bertz CT molecular complexity index is 685. The molecule has 3 rings (SSSR count). The van der Waals surface area contributed by atoms with Crippen molar-refractivity contribution in [3.63, 3.8) is 0 Å². The number of nitrogens with one attached hydrogen (secondary N) is 1. The lowest BCUT2D eigenvalue weighted by atomic mass is 10.2. The topological polar surface area (TPSA) is 49.4 Å². The fourth-order valence-corrected chi connectivity index (χ4v) is 3.22. The largest absolute Gasteiger partial charge is 0.322 e. The average molecular weight is 321 g/mol. The molecule has 1 aromatic heterocycles. The summed E-state index contributed by atoms with van der Waals surface area (Å²) in [4.78, 5) is 25.4. The van der Waals surface area contributed by atoms with Gasteiger partial charge in [-0.05, 0) is 36.1 Å². The maximum Gasteiger partial charge on any atom is 0.256 e. The van der Waals surface area contributed by atoms with E-state index in [1.54, 1.807) is 34.5 Å². The van der Waals surface area contributed by atoms with Gasteiger partial charge in [-0.25, -0.2) is 0 Å². The summed E-state index contributed by atoms with van der Waals surface area (Å²) < 4.78 is 0. The Hall–Kier alpha value is -1.85. The molecule has 0 bridgehead atoms. The van der Waals surface area contributed by atoms with Crippen molar-refractivity contribution in [2.24, 2.45) is 0 Å². The van der Waals surface area contributed by atoms with E-state index in [2.05, 4.69) is 5.32 Å². The Kier molecular flexibility index (Phi) is 3.94. The molecule has 1 N–H and O–H groups in total. The summed E-state index contributed by atoms with van der Waals surface area (Å²) in [6.07, 6.45) is 1.42. The Labute approximate surface area is 131 Å². The number of hydrogen-bond acceptors (Lipinski definition) is 3. The van der Waals surface area contributed by atoms with Crippen LogP contribution >= 0.6 is 22.9 Å². The monoisotopic (exact) mass is 320 g/mol. The van der Waals surface area contributed by atoms with Crippen molar-refractivity contribution in [2.75, 3.05) is 16.8 Å². The third-order valence-electron chi connectivity index (χ3n) is 3.35. The van der Waals surface area contributed by atoms with Gasteiger partial charge >= 0.3 is 0 Å². The highest BCUT2D eigenvalue weighted by molar-refractivity contribution is 7.08. The Balaban J connectivity index is 1.78. The van der Waals surface area contributed by atoms with Crippen LogP contribution in [0, 0.1) is 0 Å². The number of anilines is 2. The second-order valence-electron chi connectivity index (χ2n) is 4.78. The summed E-state index contributed by atoms with van der Waals surface area (Å²) in [6, 6.07) is 6.97. The summed E-state index contributed by atoms with van der Waals surface area (Å²) in [6.45, 7) is 0.694. The second-order valence-corrected chi connectivity index (χ2v) is 5.97.